The standard InChI is InChI=1S/C15H21NS/c1-12(2)13(3)17-11-15-8-5-4-7-14(15)9-6-10-16/h4-5,7-8,12-13H,10-11,16H2,1-3H3. The van der Waals surface area contributed by atoms with Crippen molar-refractivity contribution >= 4 is 11.8 Å². The molecule has 17 heavy (non-hydrogen) atoms. The summed E-state index contributed by atoms with van der Waals surface area (Å²) in [4.78, 5) is 0. The van der Waals surface area contributed by atoms with E-state index in [-0.39, 0.29) is 0 Å². The summed E-state index contributed by atoms with van der Waals surface area (Å²) in [6, 6.07) is 8.32. The number of thioether (sulfide) groups is 1. The molecule has 92 valence electrons. The Bertz CT molecular complexity index is 401. The first-order chi connectivity index (χ1) is 8.15. The predicted molar refractivity (Wildman–Crippen MR) is 78.0 cm³/mol. The summed E-state index contributed by atoms with van der Waals surface area (Å²) >= 11 is 1.99. The molecule has 1 aromatic carbocycles. The molecule has 0 saturated heterocycles. The van der Waals surface area contributed by atoms with Crippen LogP contribution in [0.25, 0.3) is 0 Å². The average Bonchev–Trinajstić information content (AvgIpc) is 2.34. The number of rotatable bonds is 4. The molecule has 0 bridgehead atoms. The highest BCUT2D eigenvalue weighted by atomic mass is 32.2. The average molecular weight is 247 g/mol. The van der Waals surface area contributed by atoms with E-state index in [9.17, 15) is 0 Å². The van der Waals surface area contributed by atoms with Crippen LogP contribution >= 0.6 is 11.8 Å². The zero-order valence-corrected chi connectivity index (χ0v) is 11.7. The molecule has 1 rings (SSSR count). The van der Waals surface area contributed by atoms with E-state index in [0.717, 1.165) is 11.3 Å². The number of benzene rings is 1. The van der Waals surface area contributed by atoms with E-state index in [0.29, 0.717) is 17.7 Å². The van der Waals surface area contributed by atoms with Gasteiger partial charge in [0.1, 0.15) is 0 Å². The second-order valence-corrected chi connectivity index (χ2v) is 5.79. The maximum Gasteiger partial charge on any atom is 0.0555 e. The lowest BCUT2D eigenvalue weighted by Gasteiger charge is -2.15. The van der Waals surface area contributed by atoms with Crippen LogP contribution in [-0.4, -0.2) is 11.8 Å². The Balaban J connectivity index is 2.70. The first kappa shape index (κ1) is 14.2. The van der Waals surface area contributed by atoms with E-state index in [4.69, 9.17) is 5.73 Å². The monoisotopic (exact) mass is 247 g/mol. The third kappa shape index (κ3) is 4.85. The lowest BCUT2D eigenvalue weighted by Crippen LogP contribution is -2.06. The lowest BCUT2D eigenvalue weighted by molar-refractivity contribution is 0.642. The summed E-state index contributed by atoms with van der Waals surface area (Å²) in [7, 11) is 0. The molecule has 1 nitrogen and oxygen atoms in total. The third-order valence-electron chi connectivity index (χ3n) is 2.78. The fraction of sp³-hybridized carbons (Fsp3) is 0.467. The minimum Gasteiger partial charge on any atom is -0.320 e. The highest BCUT2D eigenvalue weighted by molar-refractivity contribution is 7.99. The van der Waals surface area contributed by atoms with Crippen LogP contribution in [0.4, 0.5) is 0 Å². The fourth-order valence-corrected chi connectivity index (χ4v) is 2.41. The van der Waals surface area contributed by atoms with Gasteiger partial charge >= 0.3 is 0 Å². The van der Waals surface area contributed by atoms with E-state index in [1.807, 2.05) is 17.8 Å². The van der Waals surface area contributed by atoms with Gasteiger partial charge in [0.25, 0.3) is 0 Å². The van der Waals surface area contributed by atoms with Gasteiger partial charge in [-0.2, -0.15) is 11.8 Å². The molecule has 0 heterocycles. The Labute approximate surface area is 109 Å². The van der Waals surface area contributed by atoms with Crippen LogP contribution in [0.1, 0.15) is 31.9 Å². The van der Waals surface area contributed by atoms with Gasteiger partial charge in [0.05, 0.1) is 6.54 Å². The van der Waals surface area contributed by atoms with Gasteiger partial charge < -0.3 is 5.73 Å². The van der Waals surface area contributed by atoms with Crippen LogP contribution in [0.3, 0.4) is 0 Å². The smallest absolute Gasteiger partial charge is 0.0555 e. The molecule has 0 fully saturated rings. The van der Waals surface area contributed by atoms with Crippen LogP contribution in [0, 0.1) is 17.8 Å². The topological polar surface area (TPSA) is 26.0 Å². The Kier molecular flexibility index (Phi) is 6.18. The van der Waals surface area contributed by atoms with E-state index in [1.54, 1.807) is 0 Å². The zero-order chi connectivity index (χ0) is 12.7. The molecule has 1 unspecified atom stereocenters. The fourth-order valence-electron chi connectivity index (χ4n) is 1.33. The molecule has 0 aliphatic carbocycles. The van der Waals surface area contributed by atoms with Gasteiger partial charge in [-0.05, 0) is 17.5 Å². The van der Waals surface area contributed by atoms with E-state index >= 15 is 0 Å². The summed E-state index contributed by atoms with van der Waals surface area (Å²) in [5.41, 5.74) is 7.83. The third-order valence-corrected chi connectivity index (χ3v) is 4.33. The molecule has 0 saturated carbocycles. The van der Waals surface area contributed by atoms with Gasteiger partial charge in [-0.25, -0.2) is 0 Å². The second-order valence-electron chi connectivity index (χ2n) is 4.42. The summed E-state index contributed by atoms with van der Waals surface area (Å²) in [5, 5.41) is 0.672. The minimum absolute atomic E-state index is 0.421. The van der Waals surface area contributed by atoms with Crippen molar-refractivity contribution in [2.24, 2.45) is 11.7 Å². The number of nitrogens with two attached hydrogens (primary N) is 1. The van der Waals surface area contributed by atoms with E-state index in [2.05, 4.69) is 50.8 Å². The predicted octanol–water partition coefficient (Wildman–Crippen LogP) is 3.27. The Morgan fingerprint density at radius 2 is 1.94 bits per heavy atom. The van der Waals surface area contributed by atoms with Crippen LogP contribution in [0.15, 0.2) is 24.3 Å². The molecule has 0 spiro atoms. The molecule has 0 aliphatic rings. The first-order valence-electron chi connectivity index (χ1n) is 6.03. The SMILES string of the molecule is CC(C)C(C)SCc1ccccc1C#CCN. The van der Waals surface area contributed by atoms with Gasteiger partial charge in [0.15, 0.2) is 0 Å². The van der Waals surface area contributed by atoms with Crippen molar-refractivity contribution < 1.29 is 0 Å². The van der Waals surface area contributed by atoms with Crippen LogP contribution in [-0.2, 0) is 5.75 Å². The lowest BCUT2D eigenvalue weighted by atomic mass is 10.1. The van der Waals surface area contributed by atoms with E-state index in [1.165, 1.54) is 5.56 Å². The number of hydrogen-bond donors (Lipinski definition) is 1. The van der Waals surface area contributed by atoms with Gasteiger partial charge in [0.2, 0.25) is 0 Å². The van der Waals surface area contributed by atoms with Crippen molar-refractivity contribution in [3.63, 3.8) is 0 Å². The van der Waals surface area contributed by atoms with E-state index < -0.39 is 0 Å². The molecular weight excluding hydrogens is 226 g/mol. The van der Waals surface area contributed by atoms with Crippen molar-refractivity contribution in [3.05, 3.63) is 35.4 Å². The summed E-state index contributed by atoms with van der Waals surface area (Å²) < 4.78 is 0. The summed E-state index contributed by atoms with van der Waals surface area (Å²) in [5.74, 6) is 7.79. The minimum atomic E-state index is 0.421. The van der Waals surface area contributed by atoms with Crippen molar-refractivity contribution in [1.82, 2.24) is 0 Å². The van der Waals surface area contributed by atoms with Crippen LogP contribution in [0.2, 0.25) is 0 Å². The molecule has 0 amide bonds. The molecule has 0 radical (unpaired) electrons. The Morgan fingerprint density at radius 3 is 2.59 bits per heavy atom. The molecule has 1 aromatic rings. The number of hydrogen-bond acceptors (Lipinski definition) is 2. The van der Waals surface area contributed by atoms with Crippen molar-refractivity contribution in [1.29, 1.82) is 0 Å². The van der Waals surface area contributed by atoms with Gasteiger partial charge in [-0.1, -0.05) is 50.8 Å². The van der Waals surface area contributed by atoms with Gasteiger partial charge in [-0.15, -0.1) is 0 Å². The van der Waals surface area contributed by atoms with Gasteiger partial charge in [0, 0.05) is 16.6 Å². The quantitative estimate of drug-likeness (QED) is 0.826. The Hall–Kier alpha value is -0.910. The summed E-state index contributed by atoms with van der Waals surface area (Å²) in [6.45, 7) is 7.23. The highest BCUT2D eigenvalue weighted by Gasteiger charge is 2.08. The van der Waals surface area contributed by atoms with Crippen LogP contribution < -0.4 is 5.73 Å². The molecule has 2 heteroatoms. The normalized spacial score (nSPS) is 12.1. The second kappa shape index (κ2) is 7.42. The maximum absolute atomic E-state index is 5.41. The highest BCUT2D eigenvalue weighted by Crippen LogP contribution is 2.24. The maximum atomic E-state index is 5.41. The van der Waals surface area contributed by atoms with Gasteiger partial charge in [-0.3, -0.25) is 0 Å². The first-order valence-corrected chi connectivity index (χ1v) is 7.08. The zero-order valence-electron chi connectivity index (χ0n) is 10.9. The van der Waals surface area contributed by atoms with Crippen molar-refractivity contribution in [2.75, 3.05) is 6.54 Å². The molecular formula is C15H21NS. The largest absolute Gasteiger partial charge is 0.320 e. The summed E-state index contributed by atoms with van der Waals surface area (Å²) in [6.07, 6.45) is 0. The Morgan fingerprint density at radius 1 is 1.24 bits per heavy atom. The molecule has 0 aliphatic heterocycles. The van der Waals surface area contributed by atoms with Crippen molar-refractivity contribution in [3.8, 4) is 11.8 Å². The molecule has 1 atom stereocenters. The van der Waals surface area contributed by atoms with Crippen LogP contribution in [0.5, 0.6) is 0 Å². The van der Waals surface area contributed by atoms with Crippen molar-refractivity contribution in [2.45, 2.75) is 31.8 Å². The molecule has 0 aromatic heterocycles. The molecule has 2 N–H and O–H groups in total.